The van der Waals surface area contributed by atoms with E-state index >= 15 is 0 Å². The third kappa shape index (κ3) is 3.44. The molecule has 0 amide bonds. The first-order valence-electron chi connectivity index (χ1n) is 5.53. The van der Waals surface area contributed by atoms with E-state index in [1.165, 1.54) is 11.3 Å². The Morgan fingerprint density at radius 3 is 2.67 bits per heavy atom. The van der Waals surface area contributed by atoms with Gasteiger partial charge in [0.1, 0.15) is 4.21 Å². The van der Waals surface area contributed by atoms with Crippen LogP contribution in [-0.2, 0) is 16.4 Å². The maximum atomic E-state index is 12.1. The van der Waals surface area contributed by atoms with Crippen molar-refractivity contribution >= 4 is 27.2 Å². The summed E-state index contributed by atoms with van der Waals surface area (Å²) in [5.74, 6) is -0.145. The summed E-state index contributed by atoms with van der Waals surface area (Å²) in [6.07, 6.45) is 1.19. The minimum absolute atomic E-state index is 0.145. The standard InChI is InChI=1S/C10H17N3O3S2/c1-3-7-5-6-9(17-7)18(15,16)13-8(4-2)10(11)12-14/h5-6,8,13-14H,3-4H2,1-2H3,(H2,11,12). The number of oxime groups is 1. The van der Waals surface area contributed by atoms with Gasteiger partial charge in [0.25, 0.3) is 10.0 Å². The Labute approximate surface area is 111 Å². The highest BCUT2D eigenvalue weighted by atomic mass is 32.2. The molecule has 1 aromatic heterocycles. The largest absolute Gasteiger partial charge is 0.409 e. The summed E-state index contributed by atoms with van der Waals surface area (Å²) in [5, 5.41) is 11.4. The van der Waals surface area contributed by atoms with Gasteiger partial charge in [0.2, 0.25) is 0 Å². The second kappa shape index (κ2) is 6.17. The van der Waals surface area contributed by atoms with Gasteiger partial charge in [-0.2, -0.15) is 4.72 Å². The molecule has 1 unspecified atom stereocenters. The molecule has 1 rings (SSSR count). The quantitative estimate of drug-likeness (QED) is 0.316. The number of aryl methyl sites for hydroxylation is 1. The second-order valence-corrected chi connectivity index (χ2v) is 6.79. The molecule has 0 saturated carbocycles. The van der Waals surface area contributed by atoms with Gasteiger partial charge >= 0.3 is 0 Å². The molecule has 0 spiro atoms. The molecule has 1 aromatic rings. The van der Waals surface area contributed by atoms with Crippen LogP contribution in [0.3, 0.4) is 0 Å². The Kier molecular flexibility index (Phi) is 5.12. The van der Waals surface area contributed by atoms with E-state index in [9.17, 15) is 8.42 Å². The molecule has 6 nitrogen and oxygen atoms in total. The fraction of sp³-hybridized carbons (Fsp3) is 0.500. The molecule has 0 bridgehead atoms. The number of thiophene rings is 1. The monoisotopic (exact) mass is 291 g/mol. The summed E-state index contributed by atoms with van der Waals surface area (Å²) in [6, 6.07) is 2.64. The molecule has 0 saturated heterocycles. The first-order valence-corrected chi connectivity index (χ1v) is 7.83. The predicted molar refractivity (Wildman–Crippen MR) is 71.5 cm³/mol. The zero-order chi connectivity index (χ0) is 13.8. The fourth-order valence-electron chi connectivity index (χ4n) is 1.36. The number of hydrogen-bond acceptors (Lipinski definition) is 5. The van der Waals surface area contributed by atoms with Crippen molar-refractivity contribution in [2.24, 2.45) is 10.9 Å². The van der Waals surface area contributed by atoms with E-state index in [1.807, 2.05) is 6.92 Å². The van der Waals surface area contributed by atoms with Crippen molar-refractivity contribution < 1.29 is 13.6 Å². The first-order chi connectivity index (χ1) is 8.44. The Hall–Kier alpha value is -1.12. The van der Waals surface area contributed by atoms with Gasteiger partial charge in [-0.1, -0.05) is 19.0 Å². The van der Waals surface area contributed by atoms with Gasteiger partial charge in [0, 0.05) is 4.88 Å². The summed E-state index contributed by atoms with van der Waals surface area (Å²) in [4.78, 5) is 0.993. The van der Waals surface area contributed by atoms with Crippen LogP contribution in [0.5, 0.6) is 0 Å². The lowest BCUT2D eigenvalue weighted by Gasteiger charge is -2.14. The molecule has 102 valence electrons. The summed E-state index contributed by atoms with van der Waals surface area (Å²) < 4.78 is 26.8. The molecule has 0 aliphatic carbocycles. The summed E-state index contributed by atoms with van der Waals surface area (Å²) in [5.41, 5.74) is 5.42. The number of sulfonamides is 1. The Morgan fingerprint density at radius 1 is 1.56 bits per heavy atom. The smallest absolute Gasteiger partial charge is 0.250 e. The minimum Gasteiger partial charge on any atom is -0.409 e. The molecule has 1 heterocycles. The number of rotatable bonds is 6. The normalized spacial score (nSPS) is 14.7. The Morgan fingerprint density at radius 2 is 2.22 bits per heavy atom. The van der Waals surface area contributed by atoms with Crippen LogP contribution in [0.4, 0.5) is 0 Å². The minimum atomic E-state index is -3.62. The number of nitrogens with zero attached hydrogens (tertiary/aromatic N) is 1. The van der Waals surface area contributed by atoms with Crippen molar-refractivity contribution in [1.29, 1.82) is 0 Å². The van der Waals surface area contributed by atoms with Crippen molar-refractivity contribution in [1.82, 2.24) is 4.72 Å². The highest BCUT2D eigenvalue weighted by Crippen LogP contribution is 2.22. The van der Waals surface area contributed by atoms with Crippen molar-refractivity contribution in [3.05, 3.63) is 17.0 Å². The van der Waals surface area contributed by atoms with Crippen molar-refractivity contribution in [2.75, 3.05) is 0 Å². The van der Waals surface area contributed by atoms with Crippen molar-refractivity contribution in [2.45, 2.75) is 36.9 Å². The van der Waals surface area contributed by atoms with Crippen molar-refractivity contribution in [3.8, 4) is 0 Å². The van der Waals surface area contributed by atoms with Gasteiger partial charge < -0.3 is 10.9 Å². The Bertz CT molecular complexity index is 522. The van der Waals surface area contributed by atoms with Crippen LogP contribution in [-0.4, -0.2) is 25.5 Å². The van der Waals surface area contributed by atoms with Gasteiger partial charge in [-0.05, 0) is 25.0 Å². The van der Waals surface area contributed by atoms with Crippen molar-refractivity contribution in [3.63, 3.8) is 0 Å². The van der Waals surface area contributed by atoms with Gasteiger partial charge in [-0.25, -0.2) is 8.42 Å². The third-order valence-corrected chi connectivity index (χ3v) is 5.62. The average Bonchev–Trinajstić information content (AvgIpc) is 2.84. The maximum absolute atomic E-state index is 12.1. The van der Waals surface area contributed by atoms with E-state index < -0.39 is 16.1 Å². The lowest BCUT2D eigenvalue weighted by atomic mass is 10.2. The van der Waals surface area contributed by atoms with E-state index in [2.05, 4.69) is 9.88 Å². The highest BCUT2D eigenvalue weighted by Gasteiger charge is 2.23. The van der Waals surface area contributed by atoms with Crippen LogP contribution in [0.25, 0.3) is 0 Å². The molecule has 0 fully saturated rings. The van der Waals surface area contributed by atoms with Crippen LogP contribution < -0.4 is 10.5 Å². The fourth-order valence-corrected chi connectivity index (χ4v) is 3.97. The SMILES string of the molecule is CCc1ccc(S(=O)(=O)NC(CC)C(N)=NO)s1. The number of amidine groups is 1. The van der Waals surface area contributed by atoms with E-state index in [0.717, 1.165) is 11.3 Å². The van der Waals surface area contributed by atoms with E-state index in [-0.39, 0.29) is 10.0 Å². The molecule has 0 aliphatic heterocycles. The van der Waals surface area contributed by atoms with Gasteiger partial charge in [-0.3, -0.25) is 0 Å². The predicted octanol–water partition coefficient (Wildman–Crippen LogP) is 1.11. The molecule has 1 atom stereocenters. The zero-order valence-corrected chi connectivity index (χ0v) is 11.9. The van der Waals surface area contributed by atoms with E-state index in [4.69, 9.17) is 10.9 Å². The zero-order valence-electron chi connectivity index (χ0n) is 10.3. The summed E-state index contributed by atoms with van der Waals surface area (Å²) >= 11 is 1.22. The maximum Gasteiger partial charge on any atom is 0.250 e. The van der Waals surface area contributed by atoms with Gasteiger partial charge in [-0.15, -0.1) is 11.3 Å². The number of hydrogen-bond donors (Lipinski definition) is 3. The summed E-state index contributed by atoms with van der Waals surface area (Å²) in [6.45, 7) is 3.71. The molecule has 18 heavy (non-hydrogen) atoms. The second-order valence-electron chi connectivity index (χ2n) is 3.68. The molecular formula is C10H17N3O3S2. The lowest BCUT2D eigenvalue weighted by molar-refractivity contribution is 0.315. The van der Waals surface area contributed by atoms with Gasteiger partial charge in [0.15, 0.2) is 5.84 Å². The Balaban J connectivity index is 2.93. The highest BCUT2D eigenvalue weighted by molar-refractivity contribution is 7.91. The first kappa shape index (κ1) is 14.9. The van der Waals surface area contributed by atoms with Crippen LogP contribution in [0.2, 0.25) is 0 Å². The van der Waals surface area contributed by atoms with Gasteiger partial charge in [0.05, 0.1) is 6.04 Å². The summed E-state index contributed by atoms with van der Waals surface area (Å²) in [7, 11) is -3.62. The van der Waals surface area contributed by atoms with E-state index in [0.29, 0.717) is 6.42 Å². The molecule has 0 radical (unpaired) electrons. The van der Waals surface area contributed by atoms with Crippen LogP contribution >= 0.6 is 11.3 Å². The molecule has 4 N–H and O–H groups in total. The molecule has 0 aromatic carbocycles. The van der Waals surface area contributed by atoms with E-state index in [1.54, 1.807) is 19.1 Å². The molecule has 8 heteroatoms. The molecule has 0 aliphatic rings. The van der Waals surface area contributed by atoms with Crippen LogP contribution in [0.15, 0.2) is 21.5 Å². The van der Waals surface area contributed by atoms with Crippen LogP contribution in [0, 0.1) is 0 Å². The lowest BCUT2D eigenvalue weighted by Crippen LogP contribution is -2.43. The third-order valence-electron chi connectivity index (χ3n) is 2.43. The average molecular weight is 291 g/mol. The topological polar surface area (TPSA) is 105 Å². The number of nitrogens with one attached hydrogen (secondary N) is 1. The number of nitrogens with two attached hydrogens (primary N) is 1. The van der Waals surface area contributed by atoms with Crippen LogP contribution in [0.1, 0.15) is 25.1 Å². The molecular weight excluding hydrogens is 274 g/mol.